The lowest BCUT2D eigenvalue weighted by molar-refractivity contribution is -0.175. The number of nitrogens with two attached hydrogens (primary N) is 1. The highest BCUT2D eigenvalue weighted by atomic mass is 16.5. The largest absolute Gasteiger partial charge is 0.507 e. The van der Waals surface area contributed by atoms with Crippen molar-refractivity contribution in [3.05, 3.63) is 40.5 Å². The van der Waals surface area contributed by atoms with E-state index >= 15 is 0 Å². The van der Waals surface area contributed by atoms with Crippen molar-refractivity contribution >= 4 is 39.8 Å². The number of aliphatic hydroxyl groups excluding tert-OH is 1. The molecular weight excluding hydrogens is 542 g/mol. The molecule has 2 aromatic rings. The van der Waals surface area contributed by atoms with E-state index in [0.717, 1.165) is 25.1 Å². The Morgan fingerprint density at radius 3 is 2.48 bits per heavy atom. The molecule has 222 valence electrons. The van der Waals surface area contributed by atoms with Gasteiger partial charge in [0, 0.05) is 34.4 Å². The van der Waals surface area contributed by atoms with Crippen LogP contribution in [0.25, 0.3) is 16.5 Å². The van der Waals surface area contributed by atoms with E-state index in [1.54, 1.807) is 14.1 Å². The van der Waals surface area contributed by atoms with Gasteiger partial charge in [0.15, 0.2) is 23.1 Å². The van der Waals surface area contributed by atoms with Crippen molar-refractivity contribution in [1.29, 1.82) is 0 Å². The Morgan fingerprint density at radius 2 is 1.88 bits per heavy atom. The highest BCUT2D eigenvalue weighted by Crippen LogP contribution is 2.54. The van der Waals surface area contributed by atoms with Gasteiger partial charge in [0.1, 0.15) is 17.3 Å². The van der Waals surface area contributed by atoms with Gasteiger partial charge in [-0.05, 0) is 70.9 Å². The van der Waals surface area contributed by atoms with E-state index < -0.39 is 58.4 Å². The number of ketones is 3. The van der Waals surface area contributed by atoms with Crippen molar-refractivity contribution in [3.63, 3.8) is 0 Å². The second kappa shape index (κ2) is 9.89. The van der Waals surface area contributed by atoms with Crippen LogP contribution in [0.5, 0.6) is 11.5 Å². The molecule has 3 fully saturated rings. The highest BCUT2D eigenvalue weighted by molar-refractivity contribution is 6.32. The van der Waals surface area contributed by atoms with Crippen LogP contribution in [0.3, 0.4) is 0 Å². The van der Waals surface area contributed by atoms with Crippen molar-refractivity contribution in [2.45, 2.75) is 44.4 Å². The van der Waals surface area contributed by atoms with Gasteiger partial charge in [0.25, 0.3) is 0 Å². The van der Waals surface area contributed by atoms with E-state index in [1.165, 1.54) is 4.90 Å². The zero-order valence-corrected chi connectivity index (χ0v) is 23.8. The molecule has 5 atom stereocenters. The molecule has 5 N–H and O–H groups in total. The van der Waals surface area contributed by atoms with Crippen LogP contribution in [-0.4, -0.2) is 93.8 Å². The Kier molecular flexibility index (Phi) is 6.67. The molecule has 0 radical (unpaired) electrons. The average Bonchev–Trinajstić information content (AvgIpc) is 2.90. The van der Waals surface area contributed by atoms with Gasteiger partial charge in [0.05, 0.1) is 18.2 Å². The molecule has 2 saturated carbocycles. The fourth-order valence-corrected chi connectivity index (χ4v) is 7.47. The Morgan fingerprint density at radius 1 is 1.17 bits per heavy atom. The SMILES string of the molecule is CCOc1c2c(c(O)c3cc(CN4CCC4)ccc13)C(O)=C1C(=O)C3(O)C(=O)C(C(N)=O)C(=O)C(N(C)C)C3CC1C2. The predicted molar refractivity (Wildman–Crippen MR) is 152 cm³/mol. The van der Waals surface area contributed by atoms with Gasteiger partial charge in [0.2, 0.25) is 11.7 Å². The summed E-state index contributed by atoms with van der Waals surface area (Å²) < 4.78 is 6.08. The van der Waals surface area contributed by atoms with Crippen LogP contribution in [0, 0.1) is 17.8 Å². The standard InChI is InChI=1S/C31H35N3O8/c1-4-42-27-16-7-6-14(13-34-8-5-9-34)10-17(16)24(35)21-18(27)11-15-12-19-23(33(2)3)26(37)22(30(32)40)29(39)31(19,41)28(38)20(15)25(21)36/h6-7,10,15,19,22-23,35-36,41H,4-5,8-9,11-13H2,1-3H3,(H2,32,40). The van der Waals surface area contributed by atoms with Crippen LogP contribution in [-0.2, 0) is 32.1 Å². The summed E-state index contributed by atoms with van der Waals surface area (Å²) in [6.07, 6.45) is 1.28. The Bertz CT molecular complexity index is 1590. The van der Waals surface area contributed by atoms with Crippen molar-refractivity contribution < 1.29 is 39.2 Å². The Balaban J connectivity index is 1.54. The first-order valence-electron chi connectivity index (χ1n) is 14.3. The summed E-state index contributed by atoms with van der Waals surface area (Å²) in [5.74, 6) is -8.52. The number of benzene rings is 2. The van der Waals surface area contributed by atoms with Gasteiger partial charge in [-0.2, -0.15) is 0 Å². The number of nitrogens with zero attached hydrogens (tertiary/aromatic N) is 2. The predicted octanol–water partition coefficient (Wildman–Crippen LogP) is 1.09. The van der Waals surface area contributed by atoms with Gasteiger partial charge in [-0.1, -0.05) is 12.1 Å². The zero-order chi connectivity index (χ0) is 30.2. The third-order valence-electron chi connectivity index (χ3n) is 9.49. The van der Waals surface area contributed by atoms with E-state index in [1.807, 2.05) is 25.1 Å². The number of rotatable bonds is 6. The molecule has 6 rings (SSSR count). The number of hydrogen-bond donors (Lipinski definition) is 4. The van der Waals surface area contributed by atoms with Gasteiger partial charge in [-0.15, -0.1) is 0 Å². The summed E-state index contributed by atoms with van der Waals surface area (Å²) in [5, 5.41) is 36.1. The van der Waals surface area contributed by atoms with Crippen LogP contribution in [0.15, 0.2) is 23.8 Å². The molecule has 1 saturated heterocycles. The van der Waals surface area contributed by atoms with E-state index in [0.29, 0.717) is 35.2 Å². The molecule has 1 aliphatic heterocycles. The second-order valence-corrected chi connectivity index (χ2v) is 12.1. The first kappa shape index (κ1) is 28.3. The number of ether oxygens (including phenoxy) is 1. The number of Topliss-reactive ketones (excluding diaryl/α,β-unsaturated/α-hetero) is 3. The van der Waals surface area contributed by atoms with Crippen LogP contribution >= 0.6 is 0 Å². The van der Waals surface area contributed by atoms with Gasteiger partial charge < -0.3 is 25.8 Å². The lowest BCUT2D eigenvalue weighted by Crippen LogP contribution is -2.72. The molecule has 1 heterocycles. The monoisotopic (exact) mass is 577 g/mol. The normalized spacial score (nSPS) is 29.3. The van der Waals surface area contributed by atoms with E-state index in [9.17, 15) is 34.5 Å². The smallest absolute Gasteiger partial charge is 0.235 e. The number of likely N-dealkylation sites (N-methyl/N-ethyl adjacent to an activating group) is 1. The minimum atomic E-state index is -2.75. The topological polar surface area (TPSA) is 171 Å². The van der Waals surface area contributed by atoms with Crippen molar-refractivity contribution in [2.75, 3.05) is 33.8 Å². The first-order valence-corrected chi connectivity index (χ1v) is 14.3. The van der Waals surface area contributed by atoms with Gasteiger partial charge >= 0.3 is 0 Å². The molecule has 5 unspecified atom stereocenters. The van der Waals surface area contributed by atoms with Gasteiger partial charge in [-0.25, -0.2) is 0 Å². The van der Waals surface area contributed by atoms with E-state index in [-0.39, 0.29) is 29.7 Å². The summed E-state index contributed by atoms with van der Waals surface area (Å²) >= 11 is 0. The number of fused-ring (bicyclic) bond motifs is 4. The quantitative estimate of drug-likeness (QED) is 0.365. The van der Waals surface area contributed by atoms with Gasteiger partial charge in [-0.3, -0.25) is 29.0 Å². The molecule has 4 aliphatic rings. The molecule has 0 aromatic heterocycles. The number of primary amides is 1. The highest BCUT2D eigenvalue weighted by Gasteiger charge is 2.67. The van der Waals surface area contributed by atoms with Crippen LogP contribution in [0.4, 0.5) is 0 Å². The average molecular weight is 578 g/mol. The summed E-state index contributed by atoms with van der Waals surface area (Å²) in [4.78, 5) is 56.8. The number of carbonyl (C=O) groups excluding carboxylic acids is 4. The minimum Gasteiger partial charge on any atom is -0.507 e. The van der Waals surface area contributed by atoms with Crippen molar-refractivity contribution in [2.24, 2.45) is 23.5 Å². The maximum absolute atomic E-state index is 14.1. The molecule has 3 aliphatic carbocycles. The number of carbonyl (C=O) groups is 4. The molecule has 0 spiro atoms. The number of aromatic hydroxyl groups is 1. The maximum Gasteiger partial charge on any atom is 0.235 e. The fraction of sp³-hybridized carbons (Fsp3) is 0.484. The molecule has 11 nitrogen and oxygen atoms in total. The molecule has 42 heavy (non-hydrogen) atoms. The number of hydrogen-bond acceptors (Lipinski definition) is 10. The zero-order valence-electron chi connectivity index (χ0n) is 23.8. The molecular formula is C31H35N3O8. The summed E-state index contributed by atoms with van der Waals surface area (Å²) in [5.41, 5.74) is 3.93. The minimum absolute atomic E-state index is 0.00792. The number of amides is 1. The molecule has 11 heteroatoms. The van der Waals surface area contributed by atoms with Crippen molar-refractivity contribution in [3.8, 4) is 11.5 Å². The summed E-state index contributed by atoms with van der Waals surface area (Å²) in [6.45, 7) is 4.83. The van der Waals surface area contributed by atoms with E-state index in [2.05, 4.69) is 4.90 Å². The lowest BCUT2D eigenvalue weighted by Gasteiger charge is -2.51. The van der Waals surface area contributed by atoms with E-state index in [4.69, 9.17) is 10.5 Å². The third kappa shape index (κ3) is 3.83. The number of aliphatic hydroxyl groups is 2. The molecule has 2 aromatic carbocycles. The van der Waals surface area contributed by atoms with Crippen LogP contribution < -0.4 is 10.5 Å². The summed E-state index contributed by atoms with van der Waals surface area (Å²) in [7, 11) is 3.13. The first-order chi connectivity index (χ1) is 19.9. The second-order valence-electron chi connectivity index (χ2n) is 12.1. The third-order valence-corrected chi connectivity index (χ3v) is 9.49. The fourth-order valence-electron chi connectivity index (χ4n) is 7.47. The maximum atomic E-state index is 14.1. The molecule has 1 amide bonds. The van der Waals surface area contributed by atoms with Crippen LogP contribution in [0.1, 0.15) is 36.5 Å². The van der Waals surface area contributed by atoms with Crippen molar-refractivity contribution in [1.82, 2.24) is 9.80 Å². The molecule has 0 bridgehead atoms. The Labute approximate surface area is 242 Å². The number of phenols is 1. The number of likely N-dealkylation sites (tertiary alicyclic amines) is 1. The Hall–Kier alpha value is -3.80. The lowest BCUT2D eigenvalue weighted by atomic mass is 9.55. The number of phenolic OH excluding ortho intramolecular Hbond substituents is 1. The summed E-state index contributed by atoms with van der Waals surface area (Å²) in [6, 6.07) is 4.58. The van der Waals surface area contributed by atoms with Crippen LogP contribution in [0.2, 0.25) is 0 Å².